The van der Waals surface area contributed by atoms with Crippen molar-refractivity contribution in [1.29, 1.82) is 0 Å². The van der Waals surface area contributed by atoms with Gasteiger partial charge in [0.2, 0.25) is 11.8 Å². The van der Waals surface area contributed by atoms with Crippen LogP contribution in [-0.2, 0) is 16.1 Å². The van der Waals surface area contributed by atoms with Gasteiger partial charge in [-0.25, -0.2) is 0 Å². The molecule has 2 atom stereocenters. The SMILES string of the molecule is CCC(=O)N1CC(CN2CCC3(CC2)CCN(Cc2ccc(OC)cc2)C3=O)C(c2ccccc2)C1.Cl. The predicted molar refractivity (Wildman–Crippen MR) is 148 cm³/mol. The fourth-order valence-electron chi connectivity index (χ4n) is 6.52. The fourth-order valence-corrected chi connectivity index (χ4v) is 6.52. The quantitative estimate of drug-likeness (QED) is 0.531. The Bertz CT molecular complexity index is 1050. The zero-order valence-electron chi connectivity index (χ0n) is 22.1. The summed E-state index contributed by atoms with van der Waals surface area (Å²) in [6.45, 7) is 8.04. The number of amides is 2. The maximum Gasteiger partial charge on any atom is 0.229 e. The van der Waals surface area contributed by atoms with Crippen LogP contribution in [0.5, 0.6) is 5.75 Å². The van der Waals surface area contributed by atoms with Crippen molar-refractivity contribution < 1.29 is 14.3 Å². The molecule has 1 spiro atoms. The predicted octanol–water partition coefficient (Wildman–Crippen LogP) is 4.58. The van der Waals surface area contributed by atoms with Gasteiger partial charge in [-0.2, -0.15) is 0 Å². The van der Waals surface area contributed by atoms with Crippen LogP contribution in [0.25, 0.3) is 0 Å². The molecule has 0 radical (unpaired) electrons. The summed E-state index contributed by atoms with van der Waals surface area (Å²) in [5.74, 6) is 2.24. The van der Waals surface area contributed by atoms with Crippen molar-refractivity contribution in [1.82, 2.24) is 14.7 Å². The summed E-state index contributed by atoms with van der Waals surface area (Å²) in [4.78, 5) is 32.6. The van der Waals surface area contributed by atoms with E-state index in [0.29, 0.717) is 30.7 Å². The lowest BCUT2D eigenvalue weighted by molar-refractivity contribution is -0.139. The number of hydrogen-bond donors (Lipinski definition) is 0. The van der Waals surface area contributed by atoms with Crippen molar-refractivity contribution in [2.45, 2.75) is 45.1 Å². The molecule has 6 nitrogen and oxygen atoms in total. The van der Waals surface area contributed by atoms with Gasteiger partial charge in [-0.05, 0) is 61.5 Å². The molecule has 3 saturated heterocycles. The topological polar surface area (TPSA) is 53.1 Å². The number of rotatable bonds is 7. The number of carbonyl (C=O) groups excluding carboxylic acids is 2. The van der Waals surface area contributed by atoms with Crippen molar-refractivity contribution in [2.24, 2.45) is 11.3 Å². The third kappa shape index (κ3) is 5.80. The molecule has 5 rings (SSSR count). The summed E-state index contributed by atoms with van der Waals surface area (Å²) >= 11 is 0. The highest BCUT2D eigenvalue weighted by molar-refractivity contribution is 5.85. The third-order valence-corrected chi connectivity index (χ3v) is 8.76. The monoisotopic (exact) mass is 525 g/mol. The average Bonchev–Trinajstić information content (AvgIpc) is 3.47. The van der Waals surface area contributed by atoms with Gasteiger partial charge in [0.25, 0.3) is 0 Å². The van der Waals surface area contributed by atoms with E-state index in [4.69, 9.17) is 4.74 Å². The fraction of sp³-hybridized carbons (Fsp3) is 0.533. The first kappa shape index (κ1) is 27.5. The van der Waals surface area contributed by atoms with Gasteiger partial charge >= 0.3 is 0 Å². The Hall–Kier alpha value is -2.57. The highest BCUT2D eigenvalue weighted by atomic mass is 35.5. The molecular weight excluding hydrogens is 486 g/mol. The summed E-state index contributed by atoms with van der Waals surface area (Å²) in [7, 11) is 1.67. The molecule has 0 aromatic heterocycles. The largest absolute Gasteiger partial charge is 0.497 e. The van der Waals surface area contributed by atoms with Gasteiger partial charge in [-0.1, -0.05) is 49.4 Å². The van der Waals surface area contributed by atoms with E-state index in [9.17, 15) is 9.59 Å². The molecule has 2 aromatic rings. The molecule has 2 aromatic carbocycles. The van der Waals surface area contributed by atoms with Crippen LogP contribution >= 0.6 is 12.4 Å². The number of nitrogens with zero attached hydrogens (tertiary/aromatic N) is 3. The van der Waals surface area contributed by atoms with Crippen LogP contribution in [0.3, 0.4) is 0 Å². The van der Waals surface area contributed by atoms with Crippen LogP contribution in [0.15, 0.2) is 54.6 Å². The van der Waals surface area contributed by atoms with Gasteiger partial charge in [0, 0.05) is 45.1 Å². The van der Waals surface area contributed by atoms with Gasteiger partial charge in [0.15, 0.2) is 0 Å². The molecule has 0 bridgehead atoms. The van der Waals surface area contributed by atoms with Crippen molar-refractivity contribution in [2.75, 3.05) is 46.4 Å². The molecule has 3 fully saturated rings. The maximum absolute atomic E-state index is 13.5. The highest BCUT2D eigenvalue weighted by Crippen LogP contribution is 2.43. The van der Waals surface area contributed by atoms with E-state index in [1.165, 1.54) is 5.56 Å². The molecule has 3 aliphatic heterocycles. The first-order chi connectivity index (χ1) is 17.5. The Balaban J connectivity index is 0.00000320. The number of likely N-dealkylation sites (tertiary alicyclic amines) is 3. The lowest BCUT2D eigenvalue weighted by Crippen LogP contribution is -2.46. The van der Waals surface area contributed by atoms with E-state index in [2.05, 4.69) is 52.3 Å². The number of carbonyl (C=O) groups is 2. The standard InChI is InChI=1S/C30H39N3O3.ClH/c1-3-28(34)33-21-25(27(22-33)24-7-5-4-6-8-24)20-31-16-13-30(14-17-31)15-18-32(29(30)35)19-23-9-11-26(36-2)12-10-23;/h4-12,25,27H,3,13-22H2,1-2H3;1H. The Morgan fingerprint density at radius 2 is 1.65 bits per heavy atom. The second kappa shape index (κ2) is 11.9. The number of ether oxygens (including phenoxy) is 1. The van der Waals surface area contributed by atoms with Crippen molar-refractivity contribution in [3.8, 4) is 5.75 Å². The molecule has 2 unspecified atom stereocenters. The molecule has 0 N–H and O–H groups in total. The van der Waals surface area contributed by atoms with E-state index in [-0.39, 0.29) is 23.7 Å². The van der Waals surface area contributed by atoms with E-state index >= 15 is 0 Å². The van der Waals surface area contributed by atoms with Crippen molar-refractivity contribution >= 4 is 24.2 Å². The first-order valence-corrected chi connectivity index (χ1v) is 13.5. The molecule has 2 amide bonds. The molecule has 0 aliphatic carbocycles. The van der Waals surface area contributed by atoms with Gasteiger partial charge in [-0.15, -0.1) is 12.4 Å². The third-order valence-electron chi connectivity index (χ3n) is 8.76. The number of halogens is 1. The minimum absolute atomic E-state index is 0. The van der Waals surface area contributed by atoms with Gasteiger partial charge < -0.3 is 19.4 Å². The first-order valence-electron chi connectivity index (χ1n) is 13.5. The normalized spacial score (nSPS) is 23.4. The van der Waals surface area contributed by atoms with Crippen LogP contribution in [0.2, 0.25) is 0 Å². The molecule has 3 heterocycles. The second-order valence-electron chi connectivity index (χ2n) is 10.8. The highest BCUT2D eigenvalue weighted by Gasteiger charge is 2.48. The maximum atomic E-state index is 13.5. The van der Waals surface area contributed by atoms with Gasteiger partial charge in [-0.3, -0.25) is 9.59 Å². The number of piperidine rings is 1. The van der Waals surface area contributed by atoms with Crippen LogP contribution < -0.4 is 4.74 Å². The molecule has 37 heavy (non-hydrogen) atoms. The lowest BCUT2D eigenvalue weighted by atomic mass is 9.76. The van der Waals surface area contributed by atoms with E-state index in [1.54, 1.807) is 7.11 Å². The van der Waals surface area contributed by atoms with E-state index in [1.807, 2.05) is 24.0 Å². The number of hydrogen-bond acceptors (Lipinski definition) is 4. The van der Waals surface area contributed by atoms with Gasteiger partial charge in [0.05, 0.1) is 12.5 Å². The zero-order chi connectivity index (χ0) is 25.1. The minimum atomic E-state index is -0.193. The Labute approximate surface area is 227 Å². The summed E-state index contributed by atoms with van der Waals surface area (Å²) in [6, 6.07) is 18.7. The Morgan fingerprint density at radius 3 is 2.30 bits per heavy atom. The van der Waals surface area contributed by atoms with Crippen LogP contribution in [-0.4, -0.2) is 72.9 Å². The molecular formula is C30H40ClN3O3. The van der Waals surface area contributed by atoms with E-state index < -0.39 is 0 Å². The Kier molecular flexibility index (Phi) is 8.81. The summed E-state index contributed by atoms with van der Waals surface area (Å²) in [5, 5.41) is 0. The summed E-state index contributed by atoms with van der Waals surface area (Å²) in [6.07, 6.45) is 3.40. The number of methoxy groups -OCH3 is 1. The average molecular weight is 526 g/mol. The smallest absolute Gasteiger partial charge is 0.229 e. The lowest BCUT2D eigenvalue weighted by Gasteiger charge is -2.39. The van der Waals surface area contributed by atoms with Gasteiger partial charge in [0.1, 0.15) is 5.75 Å². The molecule has 200 valence electrons. The summed E-state index contributed by atoms with van der Waals surface area (Å²) < 4.78 is 5.26. The zero-order valence-corrected chi connectivity index (χ0v) is 22.9. The summed E-state index contributed by atoms with van der Waals surface area (Å²) in [5.41, 5.74) is 2.29. The molecule has 7 heteroatoms. The minimum Gasteiger partial charge on any atom is -0.497 e. The Morgan fingerprint density at radius 1 is 0.973 bits per heavy atom. The van der Waals surface area contributed by atoms with Crippen LogP contribution in [0.1, 0.15) is 49.7 Å². The number of benzene rings is 2. The molecule has 0 saturated carbocycles. The van der Waals surface area contributed by atoms with Crippen molar-refractivity contribution in [3.63, 3.8) is 0 Å². The second-order valence-corrected chi connectivity index (χ2v) is 10.8. The van der Waals surface area contributed by atoms with Crippen molar-refractivity contribution in [3.05, 3.63) is 65.7 Å². The van der Waals surface area contributed by atoms with Crippen LogP contribution in [0, 0.1) is 11.3 Å². The van der Waals surface area contributed by atoms with Crippen LogP contribution in [0.4, 0.5) is 0 Å². The van der Waals surface area contributed by atoms with E-state index in [0.717, 1.165) is 69.8 Å². The molecule has 3 aliphatic rings.